The maximum absolute atomic E-state index is 11.2. The Morgan fingerprint density at radius 3 is 2.32 bits per heavy atom. The van der Waals surface area contributed by atoms with Gasteiger partial charge in [-0.25, -0.2) is 20.4 Å². The molecule has 9 heteroatoms. The van der Waals surface area contributed by atoms with E-state index in [1.54, 1.807) is 6.92 Å². The number of benzene rings is 1. The Kier molecular flexibility index (Phi) is 5.08. The zero-order chi connectivity index (χ0) is 14.3. The van der Waals surface area contributed by atoms with Gasteiger partial charge in [0, 0.05) is 12.1 Å². The van der Waals surface area contributed by atoms with E-state index in [-0.39, 0.29) is 18.0 Å². The first-order valence-electron chi connectivity index (χ1n) is 5.18. The molecular formula is C10H11N3O6. The number of nitro groups is 1. The van der Waals surface area contributed by atoms with E-state index in [9.17, 15) is 19.7 Å². The number of ether oxygens (including phenoxy) is 2. The number of rotatable bonds is 3. The molecule has 19 heavy (non-hydrogen) atoms. The van der Waals surface area contributed by atoms with Crippen LogP contribution in [0.1, 0.15) is 6.92 Å². The Morgan fingerprint density at radius 1 is 1.21 bits per heavy atom. The van der Waals surface area contributed by atoms with Crippen molar-refractivity contribution in [3.8, 4) is 5.75 Å². The third-order valence-electron chi connectivity index (χ3n) is 1.80. The van der Waals surface area contributed by atoms with Crippen LogP contribution in [0.15, 0.2) is 24.3 Å². The van der Waals surface area contributed by atoms with Crippen molar-refractivity contribution in [1.29, 1.82) is 0 Å². The summed E-state index contributed by atoms with van der Waals surface area (Å²) in [5, 5.41) is 10.4. The van der Waals surface area contributed by atoms with Gasteiger partial charge >= 0.3 is 12.2 Å². The first-order chi connectivity index (χ1) is 9.02. The van der Waals surface area contributed by atoms with Crippen LogP contribution in [0.25, 0.3) is 0 Å². The van der Waals surface area contributed by atoms with Crippen molar-refractivity contribution in [2.45, 2.75) is 6.92 Å². The first-order valence-corrected chi connectivity index (χ1v) is 5.18. The van der Waals surface area contributed by atoms with Gasteiger partial charge in [0.1, 0.15) is 5.75 Å². The first kappa shape index (κ1) is 14.2. The van der Waals surface area contributed by atoms with Gasteiger partial charge < -0.3 is 9.47 Å². The van der Waals surface area contributed by atoms with Crippen LogP contribution in [0.5, 0.6) is 5.75 Å². The number of carbonyl (C=O) groups excluding carboxylic acids is 2. The molecule has 0 radical (unpaired) electrons. The molecule has 9 nitrogen and oxygen atoms in total. The average Bonchev–Trinajstić information content (AvgIpc) is 2.37. The second kappa shape index (κ2) is 6.79. The number of nitro benzene ring substituents is 1. The highest BCUT2D eigenvalue weighted by Gasteiger charge is 2.09. The molecule has 0 spiro atoms. The molecule has 0 aliphatic carbocycles. The van der Waals surface area contributed by atoms with Gasteiger partial charge in [0.25, 0.3) is 5.69 Å². The van der Waals surface area contributed by atoms with Crippen LogP contribution >= 0.6 is 0 Å². The summed E-state index contributed by atoms with van der Waals surface area (Å²) in [5.74, 6) is 0.0914. The molecule has 102 valence electrons. The van der Waals surface area contributed by atoms with E-state index in [0.29, 0.717) is 0 Å². The SMILES string of the molecule is CCOC(=O)NNC(=O)Oc1ccc([N+](=O)[O-])cc1. The summed E-state index contributed by atoms with van der Waals surface area (Å²) < 4.78 is 9.22. The van der Waals surface area contributed by atoms with Crippen LogP contribution < -0.4 is 15.6 Å². The number of hydrazine groups is 1. The molecule has 0 aliphatic heterocycles. The van der Waals surface area contributed by atoms with Crippen molar-refractivity contribution in [2.75, 3.05) is 6.61 Å². The molecule has 0 heterocycles. The topological polar surface area (TPSA) is 120 Å². The van der Waals surface area contributed by atoms with Gasteiger partial charge in [-0.15, -0.1) is 0 Å². The van der Waals surface area contributed by atoms with E-state index in [1.807, 2.05) is 10.9 Å². The summed E-state index contributed by atoms with van der Waals surface area (Å²) in [6, 6.07) is 4.87. The number of nitrogens with zero attached hydrogens (tertiary/aromatic N) is 1. The summed E-state index contributed by atoms with van der Waals surface area (Å²) in [5.41, 5.74) is 3.75. The van der Waals surface area contributed by atoms with E-state index >= 15 is 0 Å². The average molecular weight is 269 g/mol. The number of non-ortho nitro benzene ring substituents is 1. The highest BCUT2D eigenvalue weighted by atomic mass is 16.6. The Balaban J connectivity index is 2.44. The highest BCUT2D eigenvalue weighted by Crippen LogP contribution is 2.17. The Hall–Kier alpha value is -2.84. The van der Waals surface area contributed by atoms with Gasteiger partial charge in [-0.2, -0.15) is 0 Å². The fourth-order valence-electron chi connectivity index (χ4n) is 1.04. The van der Waals surface area contributed by atoms with Gasteiger partial charge in [0.2, 0.25) is 0 Å². The van der Waals surface area contributed by atoms with Crippen molar-refractivity contribution >= 4 is 17.9 Å². The highest BCUT2D eigenvalue weighted by molar-refractivity contribution is 5.75. The lowest BCUT2D eigenvalue weighted by atomic mass is 10.3. The third-order valence-corrected chi connectivity index (χ3v) is 1.80. The predicted octanol–water partition coefficient (Wildman–Crippen LogP) is 1.34. The molecule has 0 bridgehead atoms. The van der Waals surface area contributed by atoms with Crippen molar-refractivity contribution in [2.24, 2.45) is 0 Å². The summed E-state index contributed by atoms with van der Waals surface area (Å²) in [7, 11) is 0. The lowest BCUT2D eigenvalue weighted by Gasteiger charge is -2.07. The maximum atomic E-state index is 11.2. The van der Waals surface area contributed by atoms with Gasteiger partial charge in [0.05, 0.1) is 11.5 Å². The normalized spacial score (nSPS) is 9.32. The fraction of sp³-hybridized carbons (Fsp3) is 0.200. The lowest BCUT2D eigenvalue weighted by Crippen LogP contribution is -2.43. The standard InChI is InChI=1S/C10H11N3O6/c1-2-18-9(14)11-12-10(15)19-8-5-3-7(4-6-8)13(16)17/h3-6H,2H2,1H3,(H,11,14)(H,12,15). The number of carbonyl (C=O) groups is 2. The molecular weight excluding hydrogens is 258 g/mol. The molecule has 0 saturated heterocycles. The van der Waals surface area contributed by atoms with Gasteiger partial charge in [-0.3, -0.25) is 10.1 Å². The molecule has 1 aromatic carbocycles. The minimum absolute atomic E-state index is 0.0914. The third kappa shape index (κ3) is 4.89. The fourth-order valence-corrected chi connectivity index (χ4v) is 1.04. The zero-order valence-corrected chi connectivity index (χ0v) is 9.91. The molecule has 0 unspecified atom stereocenters. The molecule has 0 saturated carbocycles. The van der Waals surface area contributed by atoms with Crippen molar-refractivity contribution in [3.05, 3.63) is 34.4 Å². The van der Waals surface area contributed by atoms with E-state index in [4.69, 9.17) is 4.74 Å². The second-order valence-electron chi connectivity index (χ2n) is 3.11. The molecule has 2 N–H and O–H groups in total. The predicted molar refractivity (Wildman–Crippen MR) is 62.4 cm³/mol. The van der Waals surface area contributed by atoms with E-state index in [2.05, 4.69) is 4.74 Å². The molecule has 0 atom stereocenters. The monoisotopic (exact) mass is 269 g/mol. The summed E-state index contributed by atoms with van der Waals surface area (Å²) in [6.07, 6.45) is -1.79. The van der Waals surface area contributed by atoms with E-state index in [0.717, 1.165) is 0 Å². The quantitative estimate of drug-likeness (QED) is 0.631. The summed E-state index contributed by atoms with van der Waals surface area (Å²) in [4.78, 5) is 31.9. The smallest absolute Gasteiger partial charge is 0.431 e. The number of hydrogen-bond donors (Lipinski definition) is 2. The Morgan fingerprint density at radius 2 is 1.79 bits per heavy atom. The van der Waals surface area contributed by atoms with Crippen LogP contribution in [-0.4, -0.2) is 23.7 Å². The van der Waals surface area contributed by atoms with Gasteiger partial charge in [0.15, 0.2) is 0 Å². The summed E-state index contributed by atoms with van der Waals surface area (Å²) >= 11 is 0. The van der Waals surface area contributed by atoms with Crippen molar-refractivity contribution in [3.63, 3.8) is 0 Å². The minimum atomic E-state index is -0.957. The molecule has 1 aromatic rings. The minimum Gasteiger partial charge on any atom is -0.449 e. The number of hydrogen-bond acceptors (Lipinski definition) is 6. The summed E-state index contributed by atoms with van der Waals surface area (Å²) in [6.45, 7) is 1.76. The van der Waals surface area contributed by atoms with Crippen LogP contribution in [0.2, 0.25) is 0 Å². The molecule has 0 aromatic heterocycles. The maximum Gasteiger partial charge on any atom is 0.431 e. The Bertz CT molecular complexity index is 473. The largest absolute Gasteiger partial charge is 0.449 e. The number of nitrogens with one attached hydrogen (secondary N) is 2. The molecule has 2 amide bonds. The van der Waals surface area contributed by atoms with Crippen molar-refractivity contribution in [1.82, 2.24) is 10.9 Å². The van der Waals surface area contributed by atoms with E-state index in [1.165, 1.54) is 24.3 Å². The molecule has 0 fully saturated rings. The van der Waals surface area contributed by atoms with Crippen LogP contribution in [0, 0.1) is 10.1 Å². The van der Waals surface area contributed by atoms with Crippen molar-refractivity contribution < 1.29 is 24.0 Å². The van der Waals surface area contributed by atoms with Crippen LogP contribution in [0.4, 0.5) is 15.3 Å². The molecule has 0 aliphatic rings. The second-order valence-corrected chi connectivity index (χ2v) is 3.11. The Labute approximate surface area is 107 Å². The van der Waals surface area contributed by atoms with Gasteiger partial charge in [-0.1, -0.05) is 0 Å². The zero-order valence-electron chi connectivity index (χ0n) is 9.91. The van der Waals surface area contributed by atoms with Crippen LogP contribution in [-0.2, 0) is 4.74 Å². The molecule has 1 rings (SSSR count). The lowest BCUT2D eigenvalue weighted by molar-refractivity contribution is -0.384. The number of amides is 2. The van der Waals surface area contributed by atoms with Crippen LogP contribution in [0.3, 0.4) is 0 Å². The van der Waals surface area contributed by atoms with Gasteiger partial charge in [-0.05, 0) is 19.1 Å². The van der Waals surface area contributed by atoms with E-state index < -0.39 is 17.1 Å².